The number of aliphatic carboxylic acids is 1. The van der Waals surface area contributed by atoms with Gasteiger partial charge in [0.1, 0.15) is 6.54 Å². The van der Waals surface area contributed by atoms with Gasteiger partial charge in [-0.05, 0) is 37.0 Å². The van der Waals surface area contributed by atoms with E-state index in [1.165, 1.54) is 17.7 Å². The van der Waals surface area contributed by atoms with Gasteiger partial charge in [0.25, 0.3) is 0 Å². The fourth-order valence-electron chi connectivity index (χ4n) is 2.61. The van der Waals surface area contributed by atoms with E-state index in [4.69, 9.17) is 5.11 Å². The van der Waals surface area contributed by atoms with Gasteiger partial charge in [0.15, 0.2) is 0 Å². The summed E-state index contributed by atoms with van der Waals surface area (Å²) in [4.78, 5) is 24.5. The van der Waals surface area contributed by atoms with Crippen LogP contribution in [0, 0.1) is 23.7 Å². The molecule has 2 aliphatic carbocycles. The molecule has 2 fully saturated rings. The maximum Gasteiger partial charge on any atom is 0.323 e. The van der Waals surface area contributed by atoms with E-state index in [0.717, 1.165) is 12.3 Å². The summed E-state index contributed by atoms with van der Waals surface area (Å²) in [7, 11) is 0. The van der Waals surface area contributed by atoms with Crippen molar-refractivity contribution in [2.45, 2.75) is 33.1 Å². The third-order valence-electron chi connectivity index (χ3n) is 3.61. The number of nitrogens with zero attached hydrogens (tertiary/aromatic N) is 1. The molecule has 4 nitrogen and oxygen atoms in total. The van der Waals surface area contributed by atoms with Gasteiger partial charge in [-0.25, -0.2) is 0 Å². The molecule has 2 atom stereocenters. The average Bonchev–Trinajstić information content (AvgIpc) is 3.04. The van der Waals surface area contributed by atoms with E-state index in [1.54, 1.807) is 0 Å². The quantitative estimate of drug-likeness (QED) is 0.766. The Morgan fingerprint density at radius 3 is 2.47 bits per heavy atom. The van der Waals surface area contributed by atoms with Gasteiger partial charge in [-0.1, -0.05) is 13.8 Å². The minimum absolute atomic E-state index is 0.0676. The minimum atomic E-state index is -0.914. The largest absolute Gasteiger partial charge is 0.480 e. The maximum absolute atomic E-state index is 12.2. The van der Waals surface area contributed by atoms with Crippen molar-refractivity contribution < 1.29 is 14.7 Å². The van der Waals surface area contributed by atoms with Crippen molar-refractivity contribution in [3.05, 3.63) is 0 Å². The van der Waals surface area contributed by atoms with E-state index in [0.29, 0.717) is 18.4 Å². The fraction of sp³-hybridized carbons (Fsp3) is 0.846. The topological polar surface area (TPSA) is 57.6 Å². The number of rotatable bonds is 6. The second-order valence-electron chi connectivity index (χ2n) is 5.85. The summed E-state index contributed by atoms with van der Waals surface area (Å²) >= 11 is 0. The molecule has 1 amide bonds. The Labute approximate surface area is 102 Å². The van der Waals surface area contributed by atoms with E-state index < -0.39 is 5.97 Å². The van der Waals surface area contributed by atoms with Crippen LogP contribution < -0.4 is 0 Å². The summed E-state index contributed by atoms with van der Waals surface area (Å²) in [5.41, 5.74) is 0. The standard InChI is InChI=1S/C13H21NO3/c1-8(2)6-14(7-12(15)16)13(17)11-5-10(11)9-3-4-9/h8-11H,3-7H2,1-2H3,(H,15,16)/t10-,11+/m1/s1. The molecule has 0 aromatic carbocycles. The van der Waals surface area contributed by atoms with Crippen molar-refractivity contribution in [1.82, 2.24) is 4.90 Å². The van der Waals surface area contributed by atoms with Gasteiger partial charge >= 0.3 is 5.97 Å². The monoisotopic (exact) mass is 239 g/mol. The second-order valence-corrected chi connectivity index (χ2v) is 5.85. The van der Waals surface area contributed by atoms with Crippen LogP contribution in [0.15, 0.2) is 0 Å². The predicted octanol–water partition coefficient (Wildman–Crippen LogP) is 1.60. The Bertz CT molecular complexity index is 323. The van der Waals surface area contributed by atoms with Crippen LogP contribution in [0.1, 0.15) is 33.1 Å². The lowest BCUT2D eigenvalue weighted by Crippen LogP contribution is -2.39. The number of hydrogen-bond acceptors (Lipinski definition) is 2. The van der Waals surface area contributed by atoms with Crippen LogP contribution in [0.25, 0.3) is 0 Å². The molecular formula is C13H21NO3. The molecule has 2 aliphatic rings. The summed E-state index contributed by atoms with van der Waals surface area (Å²) in [6.07, 6.45) is 3.51. The highest BCUT2D eigenvalue weighted by Gasteiger charge is 2.52. The molecule has 0 aromatic rings. The number of hydrogen-bond donors (Lipinski definition) is 1. The van der Waals surface area contributed by atoms with Crippen molar-refractivity contribution in [1.29, 1.82) is 0 Å². The smallest absolute Gasteiger partial charge is 0.323 e. The zero-order chi connectivity index (χ0) is 12.6. The van der Waals surface area contributed by atoms with Crippen molar-refractivity contribution in [3.63, 3.8) is 0 Å². The highest BCUT2D eigenvalue weighted by molar-refractivity contribution is 5.85. The van der Waals surface area contributed by atoms with E-state index in [2.05, 4.69) is 0 Å². The van der Waals surface area contributed by atoms with E-state index in [9.17, 15) is 9.59 Å². The summed E-state index contributed by atoms with van der Waals surface area (Å²) in [6, 6.07) is 0. The Kier molecular flexibility index (Phi) is 3.40. The molecule has 1 N–H and O–H groups in total. The Balaban J connectivity index is 1.89. The zero-order valence-corrected chi connectivity index (χ0v) is 10.6. The molecule has 96 valence electrons. The van der Waals surface area contributed by atoms with Crippen molar-refractivity contribution in [3.8, 4) is 0 Å². The van der Waals surface area contributed by atoms with Crippen LogP contribution in [-0.4, -0.2) is 35.0 Å². The molecule has 0 aromatic heterocycles. The van der Waals surface area contributed by atoms with E-state index in [-0.39, 0.29) is 18.4 Å². The first kappa shape index (κ1) is 12.4. The summed E-state index contributed by atoms with van der Waals surface area (Å²) in [6.45, 7) is 4.42. The molecule has 0 bridgehead atoms. The van der Waals surface area contributed by atoms with Crippen molar-refractivity contribution in [2.75, 3.05) is 13.1 Å². The van der Waals surface area contributed by atoms with Gasteiger partial charge in [-0.3, -0.25) is 9.59 Å². The summed E-state index contributed by atoms with van der Waals surface area (Å²) in [5, 5.41) is 8.84. The third kappa shape index (κ3) is 3.20. The molecule has 4 heteroatoms. The van der Waals surface area contributed by atoms with Gasteiger partial charge in [0.05, 0.1) is 0 Å². The van der Waals surface area contributed by atoms with Crippen LogP contribution in [0.2, 0.25) is 0 Å². The van der Waals surface area contributed by atoms with Crippen LogP contribution in [0.3, 0.4) is 0 Å². The van der Waals surface area contributed by atoms with E-state index in [1.807, 2.05) is 13.8 Å². The highest BCUT2D eigenvalue weighted by atomic mass is 16.4. The lowest BCUT2D eigenvalue weighted by atomic mass is 10.1. The SMILES string of the molecule is CC(C)CN(CC(=O)O)C(=O)[C@H]1C[C@@H]1C1CC1. The molecule has 0 saturated heterocycles. The first-order valence-corrected chi connectivity index (χ1v) is 6.49. The molecule has 17 heavy (non-hydrogen) atoms. The van der Waals surface area contributed by atoms with Crippen molar-refractivity contribution >= 4 is 11.9 Å². The first-order chi connectivity index (χ1) is 7.99. The van der Waals surface area contributed by atoms with Gasteiger partial charge < -0.3 is 10.0 Å². The van der Waals surface area contributed by atoms with Crippen molar-refractivity contribution in [2.24, 2.45) is 23.7 Å². The predicted molar refractivity (Wildman–Crippen MR) is 63.4 cm³/mol. The van der Waals surface area contributed by atoms with Gasteiger partial charge in [-0.15, -0.1) is 0 Å². The number of carboxylic acid groups (broad SMARTS) is 1. The Morgan fingerprint density at radius 1 is 1.35 bits per heavy atom. The third-order valence-corrected chi connectivity index (χ3v) is 3.61. The molecule has 0 heterocycles. The van der Waals surface area contributed by atoms with Crippen LogP contribution in [0.4, 0.5) is 0 Å². The Morgan fingerprint density at radius 2 is 2.00 bits per heavy atom. The molecule has 0 spiro atoms. The van der Waals surface area contributed by atoms with E-state index >= 15 is 0 Å². The van der Waals surface area contributed by atoms with Gasteiger partial charge in [0, 0.05) is 12.5 Å². The summed E-state index contributed by atoms with van der Waals surface area (Å²) < 4.78 is 0. The lowest BCUT2D eigenvalue weighted by molar-refractivity contribution is -0.145. The molecule has 0 aliphatic heterocycles. The number of carboxylic acids is 1. The molecule has 0 radical (unpaired) electrons. The number of amides is 1. The Hall–Kier alpha value is -1.06. The molecule has 2 saturated carbocycles. The number of carbonyl (C=O) groups is 2. The minimum Gasteiger partial charge on any atom is -0.480 e. The average molecular weight is 239 g/mol. The lowest BCUT2D eigenvalue weighted by Gasteiger charge is -2.23. The second kappa shape index (κ2) is 4.67. The molecule has 0 unspecified atom stereocenters. The highest BCUT2D eigenvalue weighted by Crippen LogP contribution is 2.54. The van der Waals surface area contributed by atoms with Gasteiger partial charge in [0.2, 0.25) is 5.91 Å². The van der Waals surface area contributed by atoms with Crippen LogP contribution in [-0.2, 0) is 9.59 Å². The van der Waals surface area contributed by atoms with Crippen LogP contribution >= 0.6 is 0 Å². The first-order valence-electron chi connectivity index (χ1n) is 6.49. The number of carbonyl (C=O) groups excluding carboxylic acids is 1. The fourth-order valence-corrected chi connectivity index (χ4v) is 2.61. The van der Waals surface area contributed by atoms with Gasteiger partial charge in [-0.2, -0.15) is 0 Å². The molecular weight excluding hydrogens is 218 g/mol. The summed E-state index contributed by atoms with van der Waals surface area (Å²) in [5.74, 6) is 0.915. The normalized spacial score (nSPS) is 27.0. The van der Waals surface area contributed by atoms with Crippen LogP contribution in [0.5, 0.6) is 0 Å². The zero-order valence-electron chi connectivity index (χ0n) is 10.6. The maximum atomic E-state index is 12.2. The molecule has 2 rings (SSSR count).